The van der Waals surface area contributed by atoms with Crippen molar-refractivity contribution in [2.45, 2.75) is 250 Å². The van der Waals surface area contributed by atoms with Crippen molar-refractivity contribution in [3.8, 4) is 0 Å². The maximum absolute atomic E-state index is 15.5. The maximum Gasteiger partial charge on any atom is 0.331 e. The van der Waals surface area contributed by atoms with Crippen LogP contribution in [0.15, 0.2) is 60.7 Å². The Morgan fingerprint density at radius 1 is 0.554 bits per heavy atom. The average Bonchev–Trinajstić information content (AvgIpc) is 1.39. The monoisotopic (exact) mass is 1610 g/mol. The summed E-state index contributed by atoms with van der Waals surface area (Å²) < 4.78 is 11.5. The molecule has 3 saturated heterocycles. The van der Waals surface area contributed by atoms with E-state index in [1.807, 2.05) is 13.8 Å². The predicted molar refractivity (Wildman–Crippen MR) is 415 cm³/mol. The number of aliphatic hydroxyl groups excluding tert-OH is 1. The second-order valence-electron chi connectivity index (χ2n) is 29.0. The minimum Gasteiger partial charge on any atom is -0.481 e. The van der Waals surface area contributed by atoms with Gasteiger partial charge in [0.1, 0.15) is 84.6 Å². The number of aliphatic carboxylic acids is 1. The van der Waals surface area contributed by atoms with E-state index in [4.69, 9.17) is 9.47 Å². The van der Waals surface area contributed by atoms with Crippen molar-refractivity contribution in [2.75, 3.05) is 38.8 Å². The number of amides is 14. The molecule has 112 heavy (non-hydrogen) atoms. The van der Waals surface area contributed by atoms with Gasteiger partial charge in [-0.1, -0.05) is 150 Å². The zero-order valence-corrected chi connectivity index (χ0v) is 67.6. The van der Waals surface area contributed by atoms with E-state index in [9.17, 15) is 63.0 Å². The Bertz CT molecular complexity index is 3610. The van der Waals surface area contributed by atoms with Gasteiger partial charge >= 0.3 is 11.9 Å². The molecule has 34 nitrogen and oxygen atoms in total. The highest BCUT2D eigenvalue weighted by Crippen LogP contribution is 2.27. The number of esters is 1. The van der Waals surface area contributed by atoms with Gasteiger partial charge in [0.05, 0.1) is 19.1 Å². The molecule has 3 unspecified atom stereocenters. The number of fused-ring (bicyclic) bond motifs is 6. The first-order chi connectivity index (χ1) is 53.1. The van der Waals surface area contributed by atoms with Gasteiger partial charge in [0.2, 0.25) is 82.7 Å². The van der Waals surface area contributed by atoms with Gasteiger partial charge in [-0.3, -0.25) is 71.9 Å². The lowest BCUT2D eigenvalue weighted by Crippen LogP contribution is -2.63. The molecular weight excluding hydrogens is 1490 g/mol. The molecule has 0 radical (unpaired) electrons. The molecule has 3 aliphatic heterocycles. The van der Waals surface area contributed by atoms with E-state index in [1.54, 1.807) is 95.3 Å². The number of hydrogen-bond acceptors (Lipinski definition) is 21. The molecule has 0 spiro atoms. The maximum atomic E-state index is 15.5. The zero-order chi connectivity index (χ0) is 83.2. The first-order valence-electron chi connectivity index (χ1n) is 38.2. The predicted octanol–water partition coefficient (Wildman–Crippen LogP) is -0.292. The highest BCUT2D eigenvalue weighted by molar-refractivity contribution is 8.76. The Morgan fingerprint density at radius 3 is 1.60 bits per heavy atom. The largest absolute Gasteiger partial charge is 0.481 e. The minimum atomic E-state index is -2.04. The number of hydrogen-bond donors (Lipinski definition) is 14. The number of carbonyl (C=O) groups excluding carboxylic acids is 15. The van der Waals surface area contributed by atoms with Crippen LogP contribution in [0.2, 0.25) is 0 Å². The van der Waals surface area contributed by atoms with Gasteiger partial charge in [-0.2, -0.15) is 0 Å². The lowest BCUT2D eigenvalue weighted by molar-refractivity contribution is -0.158. The second kappa shape index (κ2) is 45.9. The first kappa shape index (κ1) is 93.2. The molecule has 2 aromatic rings. The van der Waals surface area contributed by atoms with E-state index in [0.717, 1.165) is 26.5 Å². The number of aliphatic hydroxyl groups is 1. The Morgan fingerprint density at radius 2 is 1.06 bits per heavy atom. The van der Waals surface area contributed by atoms with Crippen LogP contribution in [0.25, 0.3) is 0 Å². The van der Waals surface area contributed by atoms with E-state index < -0.39 is 217 Å². The third-order valence-corrected chi connectivity index (χ3v) is 22.7. The van der Waals surface area contributed by atoms with Gasteiger partial charge < -0.3 is 93.3 Å². The average molecular weight is 1610 g/mol. The number of likely N-dealkylation sites (N-methyl/N-ethyl adjacent to an activating group) is 1. The Kier molecular flexibility index (Phi) is 38.2. The SMILES string of the molecule is CC[C@@H](C)C[C@@H]1NC(=O)C(C)NC(=O)[C@H]([C@H](C)CC)NC(=O)C2CSSC[C@H](NC(=O)CCC(=O)O)C(=O)N[C@H](Cc3ccccc3)C(=O)N[C@H](C)C(=O)NC(C[C@@H](C)CC)C(=O)N[C@@H](C(=O)N[C@H](Cc3ccccc3)C(=O)N3CCC[C@H]3C(=O)N2)[C@@H](C)OC(=O)[C@H](CO)NC(=O)[C@H]([C@@H](C)OC)N(C)C(=O)[C@@H](CC)NC1=O. The van der Waals surface area contributed by atoms with Crippen molar-refractivity contribution < 1.29 is 96.4 Å². The van der Waals surface area contributed by atoms with E-state index >= 15 is 24.0 Å². The summed E-state index contributed by atoms with van der Waals surface area (Å²) in [5.74, 6) is -17.8. The number of carbonyl (C=O) groups is 16. The zero-order valence-electron chi connectivity index (χ0n) is 66.0. The van der Waals surface area contributed by atoms with Gasteiger partial charge in [-0.15, -0.1) is 0 Å². The number of ether oxygens (including phenoxy) is 2. The van der Waals surface area contributed by atoms with Crippen molar-refractivity contribution in [3.63, 3.8) is 0 Å². The summed E-state index contributed by atoms with van der Waals surface area (Å²) in [6.07, 6.45) is -3.43. The summed E-state index contributed by atoms with van der Waals surface area (Å²) in [6, 6.07) is -5.23. The van der Waals surface area contributed by atoms with Crippen molar-refractivity contribution >= 4 is 116 Å². The minimum absolute atomic E-state index is 0.00770. The van der Waals surface area contributed by atoms with E-state index in [2.05, 4.69) is 63.8 Å². The molecule has 2 bridgehead atoms. The lowest BCUT2D eigenvalue weighted by atomic mass is 9.97. The molecule has 3 fully saturated rings. The number of nitrogens with zero attached hydrogens (tertiary/aromatic N) is 2. The molecule has 3 heterocycles. The molecule has 36 heteroatoms. The number of benzene rings is 2. The quantitative estimate of drug-likeness (QED) is 0.0598. The number of nitrogens with one attached hydrogen (secondary N) is 12. The fourth-order valence-electron chi connectivity index (χ4n) is 12.6. The van der Waals surface area contributed by atoms with E-state index in [0.29, 0.717) is 24.0 Å². The number of rotatable bonds is 20. The molecule has 2 aromatic carbocycles. The Hall–Kier alpha value is -9.42. The standard InChI is InChI=1S/C76H114N14O20S2/c1-14-40(5)33-50-66(98)80-49(17-4)74(106)89(12)62(46(11)109-13)73(105)85-54(37-91)76(108)110-45(10)61-72(104)84-53(36-48-27-22-19-23-28-48)75(107)90-32-24-29-57(90)70(102)86-56(69(101)87-60(42(7)16-3)71(103)78-44(9)64(96)81-50)39-112-111-38-55(79-58(92)30-31-59(93)94)68(100)83-52(35-47-25-20-18-21-26-47)65(97)77-43(8)63(95)82-51(67(99)88-61)34-41(6)15-2/h18-23,25-28,40-46,49-57,60-62,91H,14-17,24,29-39H2,1-13H3,(H,77,97)(H,78,103)(H,79,92)(H,80,98)(H,81,96)(H,82,95)(H,83,100)(H,84,104)(H,85,105)(H,86,102)(H,87,101)(H,88,99)(H,93,94)/t40-,41+,42-,43-,44?,45-,46-,49-,50+,51?,52-,53-,54+,55+,56?,57+,60+,61-,62+/m1/s1. The van der Waals surface area contributed by atoms with Gasteiger partial charge in [0.25, 0.3) is 0 Å². The normalized spacial score (nSPS) is 28.1. The van der Waals surface area contributed by atoms with E-state index in [1.165, 1.54) is 46.8 Å². The highest BCUT2D eigenvalue weighted by atomic mass is 33.1. The van der Waals surface area contributed by atoms with Crippen LogP contribution in [0.1, 0.15) is 151 Å². The molecule has 19 atom stereocenters. The molecule has 0 aliphatic carbocycles. The number of carboxylic acids is 1. The van der Waals surface area contributed by atoms with Crippen LogP contribution >= 0.6 is 21.6 Å². The lowest BCUT2D eigenvalue weighted by Gasteiger charge is -2.35. The Balaban J connectivity index is 1.80. The second-order valence-corrected chi connectivity index (χ2v) is 31.5. The molecule has 14 amide bonds. The van der Waals surface area contributed by atoms with Crippen LogP contribution in [-0.2, 0) is 99.0 Å². The topological polar surface area (TPSA) is 483 Å². The van der Waals surface area contributed by atoms with E-state index in [-0.39, 0.29) is 81.3 Å². The summed E-state index contributed by atoms with van der Waals surface area (Å²) in [7, 11) is 4.28. The van der Waals surface area contributed by atoms with Gasteiger partial charge in [0, 0.05) is 51.5 Å². The third-order valence-electron chi connectivity index (χ3n) is 20.3. The summed E-state index contributed by atoms with van der Waals surface area (Å²) in [4.78, 5) is 235. The van der Waals surface area contributed by atoms with Crippen LogP contribution < -0.4 is 63.8 Å². The highest BCUT2D eigenvalue weighted by Gasteiger charge is 2.45. The molecule has 3 aliphatic rings. The fourth-order valence-corrected chi connectivity index (χ4v) is 15.0. The van der Waals surface area contributed by atoms with Crippen LogP contribution in [-0.4, -0.2) is 250 Å². The fraction of sp³-hybridized carbons (Fsp3) is 0.632. The third kappa shape index (κ3) is 28.0. The van der Waals surface area contributed by atoms with Crippen LogP contribution in [0.5, 0.6) is 0 Å². The van der Waals surface area contributed by atoms with Gasteiger partial charge in [-0.05, 0) is 88.7 Å². The van der Waals surface area contributed by atoms with Crippen molar-refractivity contribution in [2.24, 2.45) is 17.8 Å². The van der Waals surface area contributed by atoms with Crippen molar-refractivity contribution in [1.82, 2.24) is 73.6 Å². The summed E-state index contributed by atoms with van der Waals surface area (Å²) in [6.45, 7) is 16.2. The van der Waals surface area contributed by atoms with Crippen molar-refractivity contribution in [1.29, 1.82) is 0 Å². The van der Waals surface area contributed by atoms with Crippen molar-refractivity contribution in [3.05, 3.63) is 71.8 Å². The van der Waals surface area contributed by atoms with Gasteiger partial charge in [0.15, 0.2) is 6.04 Å². The molecular formula is C76H114N14O20S2. The van der Waals surface area contributed by atoms with Crippen LogP contribution in [0.4, 0.5) is 0 Å². The number of carboxylic acid groups (broad SMARTS) is 1. The molecule has 14 N–H and O–H groups in total. The number of methoxy groups -OCH3 is 1. The smallest absolute Gasteiger partial charge is 0.331 e. The molecule has 0 saturated carbocycles. The van der Waals surface area contributed by atoms with Crippen LogP contribution in [0, 0.1) is 17.8 Å². The molecule has 620 valence electrons. The Labute approximate surface area is 661 Å². The first-order valence-corrected chi connectivity index (χ1v) is 40.7. The van der Waals surface area contributed by atoms with Gasteiger partial charge in [-0.25, -0.2) is 4.79 Å². The summed E-state index contributed by atoms with van der Waals surface area (Å²) in [5, 5.41) is 52.2. The molecule has 0 aromatic heterocycles. The van der Waals surface area contributed by atoms with Crippen LogP contribution in [0.3, 0.4) is 0 Å². The molecule has 5 rings (SSSR count). The number of cyclic esters (lactones) is 1. The summed E-state index contributed by atoms with van der Waals surface area (Å²) >= 11 is 0. The summed E-state index contributed by atoms with van der Waals surface area (Å²) in [5.41, 5.74) is 1.00.